The monoisotopic (exact) mass is 279 g/mol. The molecule has 3 N–H and O–H groups in total. The number of aromatic nitrogens is 4. The van der Waals surface area contributed by atoms with Crippen molar-refractivity contribution in [3.8, 4) is 11.4 Å². The van der Waals surface area contributed by atoms with Crippen molar-refractivity contribution in [2.45, 2.75) is 19.9 Å². The highest BCUT2D eigenvalue weighted by Crippen LogP contribution is 2.39. The van der Waals surface area contributed by atoms with Gasteiger partial charge in [-0.05, 0) is 10.8 Å². The van der Waals surface area contributed by atoms with Crippen molar-refractivity contribution in [2.75, 3.05) is 11.9 Å². The van der Waals surface area contributed by atoms with Crippen LogP contribution in [0, 0.1) is 0 Å². The number of carbonyl (C=O) groups excluding carboxylic acids is 1. The van der Waals surface area contributed by atoms with Crippen LogP contribution in [0.1, 0.15) is 17.4 Å². The van der Waals surface area contributed by atoms with Gasteiger partial charge in [-0.15, -0.1) is 21.5 Å². The molecule has 1 amide bonds. The molecule has 2 aromatic rings. The van der Waals surface area contributed by atoms with E-state index in [1.807, 2.05) is 0 Å². The standard InChI is InChI=1S/C11H14N6OS/c1-6(18)13-11-9(10-14-16-17(2)15-10)7-3-4-12-5-8(7)19-11/h12H,3-5H2,1-2H3,(H,13,18)/p+1. The zero-order valence-electron chi connectivity index (χ0n) is 10.8. The van der Waals surface area contributed by atoms with Crippen molar-refractivity contribution in [3.05, 3.63) is 10.4 Å². The van der Waals surface area contributed by atoms with Crippen LogP contribution in [0.3, 0.4) is 0 Å². The number of amides is 1. The van der Waals surface area contributed by atoms with Gasteiger partial charge in [0.1, 0.15) is 11.5 Å². The van der Waals surface area contributed by atoms with E-state index in [0.717, 1.165) is 30.1 Å². The molecule has 8 heteroatoms. The Kier molecular flexibility index (Phi) is 3.03. The number of fused-ring (bicyclic) bond motifs is 1. The quantitative estimate of drug-likeness (QED) is 0.777. The highest BCUT2D eigenvalue weighted by atomic mass is 32.1. The van der Waals surface area contributed by atoms with Crippen molar-refractivity contribution in [1.29, 1.82) is 0 Å². The van der Waals surface area contributed by atoms with E-state index in [4.69, 9.17) is 0 Å². The van der Waals surface area contributed by atoms with E-state index in [1.54, 1.807) is 18.4 Å². The molecule has 7 nitrogen and oxygen atoms in total. The summed E-state index contributed by atoms with van der Waals surface area (Å²) in [6.07, 6.45) is 0.971. The van der Waals surface area contributed by atoms with Crippen LogP contribution in [-0.4, -0.2) is 32.7 Å². The Morgan fingerprint density at radius 3 is 3.05 bits per heavy atom. The van der Waals surface area contributed by atoms with Gasteiger partial charge in [-0.25, -0.2) is 0 Å². The molecule has 1 aliphatic heterocycles. The van der Waals surface area contributed by atoms with E-state index in [2.05, 4.69) is 26.0 Å². The first kappa shape index (κ1) is 12.2. The van der Waals surface area contributed by atoms with Crippen LogP contribution in [0.4, 0.5) is 5.00 Å². The second kappa shape index (κ2) is 4.71. The SMILES string of the molecule is CC(=O)Nc1sc2c(c1-c1nnn(C)n1)CC[NH2+]C2. The van der Waals surface area contributed by atoms with Crippen LogP contribution >= 0.6 is 11.3 Å². The molecule has 0 unspecified atom stereocenters. The molecule has 0 aliphatic carbocycles. The minimum atomic E-state index is -0.0762. The highest BCUT2D eigenvalue weighted by molar-refractivity contribution is 7.17. The van der Waals surface area contributed by atoms with Crippen LogP contribution in [0.2, 0.25) is 0 Å². The maximum Gasteiger partial charge on any atom is 0.221 e. The molecular formula is C11H15N6OS+. The largest absolute Gasteiger partial charge is 0.342 e. The third-order valence-electron chi connectivity index (χ3n) is 3.04. The second-order valence-corrected chi connectivity index (χ2v) is 5.63. The smallest absolute Gasteiger partial charge is 0.221 e. The molecule has 100 valence electrons. The molecule has 0 atom stereocenters. The number of hydrogen-bond acceptors (Lipinski definition) is 5. The van der Waals surface area contributed by atoms with Gasteiger partial charge < -0.3 is 10.6 Å². The lowest BCUT2D eigenvalue weighted by atomic mass is 10.0. The summed E-state index contributed by atoms with van der Waals surface area (Å²) in [5.41, 5.74) is 2.20. The number of anilines is 1. The van der Waals surface area contributed by atoms with Gasteiger partial charge in [0.25, 0.3) is 0 Å². The van der Waals surface area contributed by atoms with Crippen molar-refractivity contribution >= 4 is 22.2 Å². The molecule has 0 aromatic carbocycles. The van der Waals surface area contributed by atoms with Gasteiger partial charge >= 0.3 is 0 Å². The first-order valence-corrected chi connectivity index (χ1v) is 6.95. The normalized spacial score (nSPS) is 14.2. The average Bonchev–Trinajstić information content (AvgIpc) is 2.91. The van der Waals surface area contributed by atoms with E-state index in [1.165, 1.54) is 22.2 Å². The van der Waals surface area contributed by atoms with Crippen LogP contribution < -0.4 is 10.6 Å². The summed E-state index contributed by atoms with van der Waals surface area (Å²) in [5.74, 6) is 0.512. The Bertz CT molecular complexity index is 631. The Morgan fingerprint density at radius 2 is 2.37 bits per heavy atom. The third kappa shape index (κ3) is 2.24. The number of aryl methyl sites for hydroxylation is 1. The minimum absolute atomic E-state index is 0.0762. The Labute approximate surface area is 114 Å². The van der Waals surface area contributed by atoms with Crippen LogP contribution in [0.15, 0.2) is 0 Å². The molecule has 0 saturated heterocycles. The molecule has 0 bridgehead atoms. The van der Waals surface area contributed by atoms with Gasteiger partial charge in [0.15, 0.2) is 0 Å². The molecule has 1 aliphatic rings. The summed E-state index contributed by atoms with van der Waals surface area (Å²) in [6, 6.07) is 0. The average molecular weight is 279 g/mol. The van der Waals surface area contributed by atoms with E-state index >= 15 is 0 Å². The van der Waals surface area contributed by atoms with Crippen molar-refractivity contribution in [1.82, 2.24) is 20.2 Å². The highest BCUT2D eigenvalue weighted by Gasteiger charge is 2.26. The summed E-state index contributed by atoms with van der Waals surface area (Å²) in [6.45, 7) is 3.52. The molecular weight excluding hydrogens is 264 g/mol. The number of carbonyl (C=O) groups is 1. The van der Waals surface area contributed by atoms with E-state index in [0.29, 0.717) is 5.82 Å². The fraction of sp³-hybridized carbons (Fsp3) is 0.455. The van der Waals surface area contributed by atoms with Gasteiger partial charge in [-0.3, -0.25) is 4.79 Å². The number of nitrogens with two attached hydrogens (primary N) is 1. The lowest BCUT2D eigenvalue weighted by Crippen LogP contribution is -2.84. The van der Waals surface area contributed by atoms with E-state index in [9.17, 15) is 4.79 Å². The molecule has 0 radical (unpaired) electrons. The number of thiophene rings is 1. The third-order valence-corrected chi connectivity index (χ3v) is 4.21. The molecule has 0 saturated carbocycles. The van der Waals surface area contributed by atoms with E-state index < -0.39 is 0 Å². The maximum absolute atomic E-state index is 11.3. The van der Waals surface area contributed by atoms with Crippen LogP contribution in [0.25, 0.3) is 11.4 Å². The predicted octanol–water partition coefficient (Wildman–Crippen LogP) is -0.484. The minimum Gasteiger partial charge on any atom is -0.342 e. The number of tetrazole rings is 1. The fourth-order valence-corrected chi connectivity index (χ4v) is 3.58. The fourth-order valence-electron chi connectivity index (χ4n) is 2.29. The molecule has 19 heavy (non-hydrogen) atoms. The van der Waals surface area contributed by atoms with Gasteiger partial charge in [0, 0.05) is 13.3 Å². The summed E-state index contributed by atoms with van der Waals surface area (Å²) in [7, 11) is 1.74. The molecule has 0 fully saturated rings. The number of nitrogens with one attached hydrogen (secondary N) is 1. The Balaban J connectivity index is 2.13. The second-order valence-electron chi connectivity index (χ2n) is 4.52. The predicted molar refractivity (Wildman–Crippen MR) is 70.6 cm³/mol. The molecule has 3 heterocycles. The van der Waals surface area contributed by atoms with Crippen LogP contribution in [-0.2, 0) is 24.8 Å². The molecule has 3 rings (SSSR count). The Morgan fingerprint density at radius 1 is 1.53 bits per heavy atom. The van der Waals surface area contributed by atoms with E-state index in [-0.39, 0.29) is 5.91 Å². The van der Waals surface area contributed by atoms with Gasteiger partial charge in [0.05, 0.1) is 24.0 Å². The van der Waals surface area contributed by atoms with Gasteiger partial charge in [-0.2, -0.15) is 4.80 Å². The number of quaternary nitrogens is 1. The molecule has 2 aromatic heterocycles. The van der Waals surface area contributed by atoms with Crippen LogP contribution in [0.5, 0.6) is 0 Å². The lowest BCUT2D eigenvalue weighted by molar-refractivity contribution is -0.672. The van der Waals surface area contributed by atoms with Crippen molar-refractivity contribution in [2.24, 2.45) is 7.05 Å². The number of rotatable bonds is 2. The van der Waals surface area contributed by atoms with Gasteiger partial charge in [0.2, 0.25) is 11.7 Å². The summed E-state index contributed by atoms with van der Waals surface area (Å²) < 4.78 is 0. The lowest BCUT2D eigenvalue weighted by Gasteiger charge is -2.10. The summed E-state index contributed by atoms with van der Waals surface area (Å²) in [5, 5.41) is 18.2. The first-order chi connectivity index (χ1) is 9.15. The number of hydrogen-bond donors (Lipinski definition) is 2. The van der Waals surface area contributed by atoms with Gasteiger partial charge in [-0.1, -0.05) is 0 Å². The first-order valence-electron chi connectivity index (χ1n) is 6.13. The Hall–Kier alpha value is -1.80. The topological polar surface area (TPSA) is 89.3 Å². The number of nitrogens with zero attached hydrogens (tertiary/aromatic N) is 4. The van der Waals surface area contributed by atoms with Crippen molar-refractivity contribution in [3.63, 3.8) is 0 Å². The maximum atomic E-state index is 11.3. The summed E-state index contributed by atoms with van der Waals surface area (Å²) in [4.78, 5) is 14.1. The summed E-state index contributed by atoms with van der Waals surface area (Å²) >= 11 is 1.61. The zero-order valence-corrected chi connectivity index (χ0v) is 11.6. The zero-order chi connectivity index (χ0) is 13.4. The van der Waals surface area contributed by atoms with Crippen molar-refractivity contribution < 1.29 is 10.1 Å². The molecule has 0 spiro atoms.